The first-order valence-corrected chi connectivity index (χ1v) is 4.20. The lowest BCUT2D eigenvalue weighted by Gasteiger charge is -2.15. The van der Waals surface area contributed by atoms with E-state index in [0.717, 1.165) is 5.82 Å². The van der Waals surface area contributed by atoms with E-state index < -0.39 is 12.2 Å². The second kappa shape index (κ2) is 3.32. The van der Waals surface area contributed by atoms with Gasteiger partial charge in [0.15, 0.2) is 0 Å². The second-order valence-corrected chi connectivity index (χ2v) is 3.16. The Hall–Kier alpha value is -1.13. The Morgan fingerprint density at radius 3 is 2.62 bits per heavy atom. The summed E-state index contributed by atoms with van der Waals surface area (Å²) in [6, 6.07) is 6.39. The number of aliphatic hydroxyl groups is 2. The molecule has 0 spiro atoms. The summed E-state index contributed by atoms with van der Waals surface area (Å²) in [6.07, 6.45) is 0.254. The minimum absolute atomic E-state index is 0.443. The molecule has 0 aliphatic carbocycles. The maximum absolute atomic E-state index is 9.30. The van der Waals surface area contributed by atoms with Crippen LogP contribution in [-0.2, 0) is 0 Å². The van der Waals surface area contributed by atoms with E-state index in [4.69, 9.17) is 0 Å². The van der Waals surface area contributed by atoms with Gasteiger partial charge in [0.25, 0.3) is 0 Å². The van der Waals surface area contributed by atoms with Crippen molar-refractivity contribution in [3.8, 4) is 0 Å². The molecule has 2 rings (SSSR count). The Morgan fingerprint density at radius 2 is 2.08 bits per heavy atom. The zero-order valence-corrected chi connectivity index (χ0v) is 7.09. The van der Waals surface area contributed by atoms with Crippen molar-refractivity contribution in [2.24, 2.45) is 0 Å². The largest absolute Gasteiger partial charge is 0.389 e. The van der Waals surface area contributed by atoms with E-state index in [1.165, 1.54) is 0 Å². The molecule has 69 valence electrons. The van der Waals surface area contributed by atoms with Crippen LogP contribution in [-0.4, -0.2) is 40.5 Å². The molecule has 1 aromatic heterocycles. The summed E-state index contributed by atoms with van der Waals surface area (Å²) in [5, 5.41) is 18.6. The minimum atomic E-state index is -0.661. The lowest BCUT2D eigenvalue weighted by atomic mass is 10.3. The third kappa shape index (κ3) is 1.64. The van der Waals surface area contributed by atoms with Gasteiger partial charge in [-0.05, 0) is 12.1 Å². The predicted molar refractivity (Wildman–Crippen MR) is 47.3 cm³/mol. The van der Waals surface area contributed by atoms with E-state index in [2.05, 4.69) is 11.1 Å². The summed E-state index contributed by atoms with van der Waals surface area (Å²) in [4.78, 5) is 5.93. The van der Waals surface area contributed by atoms with Crippen molar-refractivity contribution < 1.29 is 10.2 Å². The highest BCUT2D eigenvalue weighted by Crippen LogP contribution is 2.17. The fraction of sp³-hybridized carbons (Fsp3) is 0.444. The van der Waals surface area contributed by atoms with Gasteiger partial charge in [-0.25, -0.2) is 4.98 Å². The molecule has 1 saturated heterocycles. The van der Waals surface area contributed by atoms with Gasteiger partial charge in [0, 0.05) is 25.4 Å². The van der Waals surface area contributed by atoms with Gasteiger partial charge in [-0.15, -0.1) is 0 Å². The monoisotopic (exact) mass is 179 g/mol. The quantitative estimate of drug-likeness (QED) is 0.606. The maximum Gasteiger partial charge on any atom is 0.128 e. The van der Waals surface area contributed by atoms with Gasteiger partial charge >= 0.3 is 0 Å². The SMILES string of the molecule is OC1CN(c2cc[c]cn2)CC1O. The van der Waals surface area contributed by atoms with Crippen LogP contribution in [0.25, 0.3) is 0 Å². The van der Waals surface area contributed by atoms with Gasteiger partial charge in [-0.1, -0.05) is 0 Å². The number of aromatic nitrogens is 1. The molecule has 13 heavy (non-hydrogen) atoms. The zero-order valence-electron chi connectivity index (χ0n) is 7.09. The maximum atomic E-state index is 9.30. The lowest BCUT2D eigenvalue weighted by molar-refractivity contribution is 0.0572. The molecule has 1 radical (unpaired) electrons. The Bertz CT molecular complexity index is 268. The van der Waals surface area contributed by atoms with Crippen LogP contribution < -0.4 is 4.90 Å². The smallest absolute Gasteiger partial charge is 0.128 e. The molecule has 2 atom stereocenters. The first-order chi connectivity index (χ1) is 6.27. The molecular formula is C9H11N2O2. The topological polar surface area (TPSA) is 56.6 Å². The number of rotatable bonds is 1. The van der Waals surface area contributed by atoms with Crippen LogP contribution in [0.2, 0.25) is 0 Å². The number of aliphatic hydroxyl groups excluding tert-OH is 2. The van der Waals surface area contributed by atoms with Crippen LogP contribution in [0.4, 0.5) is 5.82 Å². The Labute approximate surface area is 76.5 Å². The summed E-state index contributed by atoms with van der Waals surface area (Å²) >= 11 is 0. The van der Waals surface area contributed by atoms with Crippen LogP contribution in [0.15, 0.2) is 18.3 Å². The number of hydrogen-bond acceptors (Lipinski definition) is 4. The molecule has 0 amide bonds. The standard InChI is InChI=1S/C9H11N2O2/c12-7-5-11(6-8(7)13)9-3-1-2-4-10-9/h1,3-4,7-8,12-13H,5-6H2. The van der Waals surface area contributed by atoms with E-state index in [1.54, 1.807) is 12.3 Å². The van der Waals surface area contributed by atoms with E-state index in [9.17, 15) is 10.2 Å². The zero-order chi connectivity index (χ0) is 9.26. The van der Waals surface area contributed by atoms with Gasteiger partial charge in [-0.3, -0.25) is 0 Å². The van der Waals surface area contributed by atoms with Gasteiger partial charge in [-0.2, -0.15) is 0 Å². The first kappa shape index (κ1) is 8.47. The highest BCUT2D eigenvalue weighted by Gasteiger charge is 2.29. The van der Waals surface area contributed by atoms with Crippen molar-refractivity contribution in [2.45, 2.75) is 12.2 Å². The molecule has 1 aromatic rings. The molecule has 4 nitrogen and oxygen atoms in total. The van der Waals surface area contributed by atoms with Crippen LogP contribution in [0, 0.1) is 6.07 Å². The molecule has 0 saturated carbocycles. The number of β-amino-alcohol motifs (C(OH)–C–C–N with tert-alkyl or cyclic N) is 2. The summed E-state index contributed by atoms with van der Waals surface area (Å²) in [7, 11) is 0. The summed E-state index contributed by atoms with van der Waals surface area (Å²) in [5.41, 5.74) is 0. The fourth-order valence-electron chi connectivity index (χ4n) is 1.46. The van der Waals surface area contributed by atoms with Crippen molar-refractivity contribution >= 4 is 5.82 Å². The second-order valence-electron chi connectivity index (χ2n) is 3.16. The highest BCUT2D eigenvalue weighted by molar-refractivity contribution is 5.39. The molecule has 1 aliphatic rings. The van der Waals surface area contributed by atoms with Crippen molar-refractivity contribution in [3.05, 3.63) is 24.4 Å². The number of hydrogen-bond donors (Lipinski definition) is 2. The lowest BCUT2D eigenvalue weighted by Crippen LogP contribution is -2.22. The van der Waals surface area contributed by atoms with Crippen LogP contribution in [0.3, 0.4) is 0 Å². The van der Waals surface area contributed by atoms with Crippen LogP contribution >= 0.6 is 0 Å². The summed E-state index contributed by atoms with van der Waals surface area (Å²) in [6.45, 7) is 0.885. The minimum Gasteiger partial charge on any atom is -0.389 e. The number of anilines is 1. The number of pyridine rings is 1. The van der Waals surface area contributed by atoms with E-state index in [-0.39, 0.29) is 0 Å². The number of nitrogens with zero attached hydrogens (tertiary/aromatic N) is 2. The van der Waals surface area contributed by atoms with Gasteiger partial charge in [0.2, 0.25) is 0 Å². The van der Waals surface area contributed by atoms with Gasteiger partial charge < -0.3 is 15.1 Å². The van der Waals surface area contributed by atoms with E-state index in [0.29, 0.717) is 13.1 Å². The van der Waals surface area contributed by atoms with E-state index in [1.807, 2.05) is 11.0 Å². The summed E-state index contributed by atoms with van der Waals surface area (Å²) in [5.74, 6) is 0.773. The average molecular weight is 179 g/mol. The molecule has 4 heteroatoms. The van der Waals surface area contributed by atoms with Crippen molar-refractivity contribution in [1.29, 1.82) is 0 Å². The molecule has 2 heterocycles. The van der Waals surface area contributed by atoms with Crippen molar-refractivity contribution in [2.75, 3.05) is 18.0 Å². The highest BCUT2D eigenvalue weighted by atomic mass is 16.3. The van der Waals surface area contributed by atoms with Crippen molar-refractivity contribution in [3.63, 3.8) is 0 Å². The average Bonchev–Trinajstić information content (AvgIpc) is 2.49. The third-order valence-electron chi connectivity index (χ3n) is 2.18. The normalized spacial score (nSPS) is 28.0. The van der Waals surface area contributed by atoms with Crippen LogP contribution in [0.1, 0.15) is 0 Å². The fourth-order valence-corrected chi connectivity index (χ4v) is 1.46. The molecule has 2 unspecified atom stereocenters. The Kier molecular flexibility index (Phi) is 2.16. The van der Waals surface area contributed by atoms with Gasteiger partial charge in [0.1, 0.15) is 5.82 Å². The molecule has 2 N–H and O–H groups in total. The Morgan fingerprint density at radius 1 is 1.38 bits per heavy atom. The molecular weight excluding hydrogens is 168 g/mol. The van der Waals surface area contributed by atoms with Gasteiger partial charge in [0.05, 0.1) is 12.2 Å². The molecule has 0 aromatic carbocycles. The molecule has 1 fully saturated rings. The first-order valence-electron chi connectivity index (χ1n) is 4.20. The summed E-state index contributed by atoms with van der Waals surface area (Å²) < 4.78 is 0. The predicted octanol–water partition coefficient (Wildman–Crippen LogP) is -0.576. The van der Waals surface area contributed by atoms with Crippen molar-refractivity contribution in [1.82, 2.24) is 4.98 Å². The van der Waals surface area contributed by atoms with Crippen LogP contribution in [0.5, 0.6) is 0 Å². The van der Waals surface area contributed by atoms with E-state index >= 15 is 0 Å². The molecule has 1 aliphatic heterocycles. The third-order valence-corrected chi connectivity index (χ3v) is 2.18. The Balaban J connectivity index is 2.12. The molecule has 0 bridgehead atoms.